The summed E-state index contributed by atoms with van der Waals surface area (Å²) in [5.74, 6) is 0. The van der Waals surface area contributed by atoms with Gasteiger partial charge < -0.3 is 0 Å². The van der Waals surface area contributed by atoms with Gasteiger partial charge >= 0.3 is 0 Å². The van der Waals surface area contributed by atoms with E-state index >= 15 is 0 Å². The third-order valence-electron chi connectivity index (χ3n) is 6.10. The van der Waals surface area contributed by atoms with Gasteiger partial charge in [-0.2, -0.15) is 0 Å². The maximum atomic E-state index is 2.31. The highest BCUT2D eigenvalue weighted by atomic mass is 14.2. The van der Waals surface area contributed by atoms with E-state index in [2.05, 4.69) is 114 Å². The summed E-state index contributed by atoms with van der Waals surface area (Å²) < 4.78 is 0. The van der Waals surface area contributed by atoms with E-state index in [4.69, 9.17) is 0 Å². The Morgan fingerprint density at radius 3 is 1.17 bits per heavy atom. The van der Waals surface area contributed by atoms with Crippen LogP contribution in [0.15, 0.2) is 72.8 Å². The summed E-state index contributed by atoms with van der Waals surface area (Å²) in [5, 5.41) is 0. The number of fused-ring (bicyclic) bond motifs is 2. The minimum atomic E-state index is 0.165. The summed E-state index contributed by atoms with van der Waals surface area (Å²) in [4.78, 5) is 0. The second-order valence-electron chi connectivity index (χ2n) is 10.4. The molecule has 4 rings (SSSR count). The summed E-state index contributed by atoms with van der Waals surface area (Å²) in [6, 6.07) is 27.4. The minimum Gasteiger partial charge on any atom is -0.0579 e. The van der Waals surface area contributed by atoms with E-state index in [0.29, 0.717) is 0 Å². The fraction of sp³-hybridized carbons (Fsp3) is 0.310. The zero-order valence-corrected chi connectivity index (χ0v) is 18.6. The molecule has 29 heavy (non-hydrogen) atoms. The van der Waals surface area contributed by atoms with Crippen molar-refractivity contribution in [1.29, 1.82) is 0 Å². The first-order valence-corrected chi connectivity index (χ1v) is 10.7. The Hall–Kier alpha value is -2.60. The van der Waals surface area contributed by atoms with Crippen molar-refractivity contribution >= 4 is 0 Å². The largest absolute Gasteiger partial charge is 0.0579 e. The molecule has 0 aromatic heterocycles. The van der Waals surface area contributed by atoms with Gasteiger partial charge in [-0.15, -0.1) is 0 Å². The molecule has 0 radical (unpaired) electrons. The van der Waals surface area contributed by atoms with Crippen LogP contribution in [0, 0.1) is 0 Å². The van der Waals surface area contributed by atoms with Crippen LogP contribution in [0.4, 0.5) is 0 Å². The van der Waals surface area contributed by atoms with Crippen LogP contribution in [-0.4, -0.2) is 0 Å². The summed E-state index contributed by atoms with van der Waals surface area (Å²) in [7, 11) is 0. The average Bonchev–Trinajstić information content (AvgIpc) is 3.00. The number of hydrogen-bond acceptors (Lipinski definition) is 0. The quantitative estimate of drug-likeness (QED) is 0.330. The molecule has 0 spiro atoms. The van der Waals surface area contributed by atoms with Crippen molar-refractivity contribution in [3.63, 3.8) is 0 Å². The van der Waals surface area contributed by atoms with E-state index in [1.54, 1.807) is 0 Å². The predicted octanol–water partition coefficient (Wildman–Crippen LogP) is 8.08. The van der Waals surface area contributed by atoms with Crippen LogP contribution in [0.1, 0.15) is 63.8 Å². The Morgan fingerprint density at radius 1 is 0.448 bits per heavy atom. The predicted molar refractivity (Wildman–Crippen MR) is 126 cm³/mol. The molecule has 0 fully saturated rings. The highest BCUT2D eigenvalue weighted by Gasteiger charge is 2.17. The molecule has 0 aromatic carbocycles. The first kappa shape index (κ1) is 19.7. The molecule has 0 saturated heterocycles. The van der Waals surface area contributed by atoms with Gasteiger partial charge in [0.15, 0.2) is 0 Å². The van der Waals surface area contributed by atoms with E-state index in [9.17, 15) is 0 Å². The fourth-order valence-corrected chi connectivity index (χ4v) is 4.14. The van der Waals surface area contributed by atoms with Crippen LogP contribution in [0.25, 0.3) is 22.3 Å². The van der Waals surface area contributed by atoms with Gasteiger partial charge in [0, 0.05) is 0 Å². The molecule has 0 saturated carbocycles. The van der Waals surface area contributed by atoms with E-state index in [1.165, 1.54) is 44.5 Å². The van der Waals surface area contributed by atoms with Crippen molar-refractivity contribution in [2.75, 3.05) is 0 Å². The van der Waals surface area contributed by atoms with Crippen LogP contribution in [0.3, 0.4) is 0 Å². The molecule has 4 aliphatic carbocycles. The zero-order chi connectivity index (χ0) is 20.8. The monoisotopic (exact) mass is 380 g/mol. The van der Waals surface area contributed by atoms with Gasteiger partial charge in [-0.25, -0.2) is 0 Å². The maximum absolute atomic E-state index is 2.31. The molecule has 0 aliphatic heterocycles. The van der Waals surface area contributed by atoms with Crippen LogP contribution < -0.4 is 0 Å². The highest BCUT2D eigenvalue weighted by molar-refractivity contribution is 5.75. The highest BCUT2D eigenvalue weighted by Crippen LogP contribution is 2.35. The lowest BCUT2D eigenvalue weighted by Gasteiger charge is -2.17. The molecule has 0 nitrogen and oxygen atoms in total. The van der Waals surface area contributed by atoms with Gasteiger partial charge in [0.1, 0.15) is 0 Å². The molecule has 0 aromatic rings. The molecular formula is C29H32. The summed E-state index contributed by atoms with van der Waals surface area (Å²) >= 11 is 0. The Kier molecular flexibility index (Phi) is 4.77. The molecule has 148 valence electrons. The molecule has 0 unspecified atom stereocenters. The molecule has 0 atom stereocenters. The smallest absolute Gasteiger partial charge is 0.00135 e. The van der Waals surface area contributed by atoms with Crippen LogP contribution >= 0.6 is 0 Å². The summed E-state index contributed by atoms with van der Waals surface area (Å²) in [6.07, 6.45) is 0.969. The molecule has 4 aliphatic rings. The third-order valence-corrected chi connectivity index (χ3v) is 6.10. The lowest BCUT2D eigenvalue weighted by Crippen LogP contribution is -2.09. The van der Waals surface area contributed by atoms with Gasteiger partial charge in [-0.05, 0) is 61.8 Å². The van der Waals surface area contributed by atoms with E-state index in [0.717, 1.165) is 6.42 Å². The first-order valence-electron chi connectivity index (χ1n) is 10.7. The van der Waals surface area contributed by atoms with E-state index < -0.39 is 0 Å². The van der Waals surface area contributed by atoms with Gasteiger partial charge in [0.2, 0.25) is 0 Å². The topological polar surface area (TPSA) is 0 Å². The number of hydrogen-bond donors (Lipinski definition) is 0. The molecule has 0 heterocycles. The van der Waals surface area contributed by atoms with Crippen molar-refractivity contribution in [3.8, 4) is 22.3 Å². The maximum Gasteiger partial charge on any atom is -0.00135 e. The second-order valence-corrected chi connectivity index (χ2v) is 10.4. The molecule has 0 N–H and O–H groups in total. The molecular weight excluding hydrogens is 348 g/mol. The van der Waals surface area contributed by atoms with E-state index in [-0.39, 0.29) is 10.8 Å². The Balaban J connectivity index is 1.72. The van der Waals surface area contributed by atoms with Gasteiger partial charge in [-0.1, -0.05) is 114 Å². The molecule has 0 amide bonds. The van der Waals surface area contributed by atoms with Gasteiger partial charge in [-0.3, -0.25) is 0 Å². The Labute approximate surface area is 176 Å². The van der Waals surface area contributed by atoms with Crippen molar-refractivity contribution in [2.45, 2.75) is 58.8 Å². The van der Waals surface area contributed by atoms with Gasteiger partial charge in [0.05, 0.1) is 0 Å². The standard InChI is InChI=1S/C29H32/c1-28(2,3)24-13-11-20-7-9-22(26(20)17-15-24)19-23-10-8-21-12-14-25(29(4,5)6)16-18-27(21)23/h7-18H,19H2,1-6H3. The third kappa shape index (κ3) is 3.94. The van der Waals surface area contributed by atoms with Crippen LogP contribution in [-0.2, 0) is 17.3 Å². The van der Waals surface area contributed by atoms with Crippen molar-refractivity contribution in [3.05, 3.63) is 95.1 Å². The zero-order valence-electron chi connectivity index (χ0n) is 18.6. The number of rotatable bonds is 2. The minimum absolute atomic E-state index is 0.165. The Bertz CT molecular complexity index is 997. The van der Waals surface area contributed by atoms with Crippen LogP contribution in [0.5, 0.6) is 0 Å². The first-order chi connectivity index (χ1) is 13.6. The lowest BCUT2D eigenvalue weighted by atomic mass is 9.88. The molecule has 0 bridgehead atoms. The van der Waals surface area contributed by atoms with Crippen molar-refractivity contribution in [2.24, 2.45) is 0 Å². The lowest BCUT2D eigenvalue weighted by molar-refractivity contribution is 0.590. The van der Waals surface area contributed by atoms with Crippen molar-refractivity contribution < 1.29 is 0 Å². The molecule has 0 heteroatoms. The Morgan fingerprint density at radius 2 is 0.793 bits per heavy atom. The second kappa shape index (κ2) is 7.02. The van der Waals surface area contributed by atoms with Gasteiger partial charge in [0.25, 0.3) is 0 Å². The normalized spacial score (nSPS) is 12.6. The summed E-state index contributed by atoms with van der Waals surface area (Å²) in [5.41, 5.74) is 11.3. The van der Waals surface area contributed by atoms with E-state index in [1.807, 2.05) is 0 Å². The van der Waals surface area contributed by atoms with Crippen LogP contribution in [0.2, 0.25) is 0 Å². The average molecular weight is 381 g/mol. The SMILES string of the molecule is CC(C)(C)c1ccc2ccc(Cc3ccc4ccc(C(C)(C)C)ccc3-4)c-2cc1. The summed E-state index contributed by atoms with van der Waals surface area (Å²) in [6.45, 7) is 13.6. The fourth-order valence-electron chi connectivity index (χ4n) is 4.14. The van der Waals surface area contributed by atoms with Crippen molar-refractivity contribution in [1.82, 2.24) is 0 Å².